The first-order chi connectivity index (χ1) is 17.9. The minimum absolute atomic E-state index is 0.277. The van der Waals surface area contributed by atoms with Crippen molar-refractivity contribution < 1.29 is 53.8 Å². The van der Waals surface area contributed by atoms with Gasteiger partial charge < -0.3 is 5.11 Å². The molecule has 0 saturated carbocycles. The smallest absolute Gasteiger partial charge is 0.369 e. The molecule has 1 aromatic heterocycles. The number of nitrogens with zero attached hydrogens (tertiary/aromatic N) is 2. The third-order valence-electron chi connectivity index (χ3n) is 5.78. The molecule has 1 heterocycles. The van der Waals surface area contributed by atoms with Gasteiger partial charge in [-0.05, 0) is 24.3 Å². The fourth-order valence-electron chi connectivity index (χ4n) is 3.93. The van der Waals surface area contributed by atoms with Gasteiger partial charge in [-0.1, -0.05) is 48.0 Å². The summed E-state index contributed by atoms with van der Waals surface area (Å²) in [4.78, 5) is 13.2. The van der Waals surface area contributed by atoms with E-state index in [9.17, 15) is 53.8 Å². The van der Waals surface area contributed by atoms with E-state index in [4.69, 9.17) is 11.6 Å². The molecule has 0 unspecified atom stereocenters. The van der Waals surface area contributed by atoms with Gasteiger partial charge in [-0.25, -0.2) is 4.39 Å². The van der Waals surface area contributed by atoms with Gasteiger partial charge in [-0.15, -0.1) is 0 Å². The minimum atomic E-state index is -6.16. The van der Waals surface area contributed by atoms with Gasteiger partial charge in [-0.2, -0.15) is 49.3 Å². The molecule has 15 heteroatoms. The first-order valence-electron chi connectivity index (χ1n) is 10.4. The molecule has 206 valence electrons. The first kappa shape index (κ1) is 28.4. The number of fused-ring (bicyclic) bond motifs is 1. The fraction of sp³-hybridized carbons (Fsp3) is 0.167. The van der Waals surface area contributed by atoms with Gasteiger partial charge in [0.05, 0.1) is 27.1 Å². The zero-order chi connectivity index (χ0) is 29.1. The largest absolute Gasteiger partial charge is 0.430 e. The van der Waals surface area contributed by atoms with Gasteiger partial charge in [0.25, 0.3) is 11.5 Å². The predicted octanol–water partition coefficient (Wildman–Crippen LogP) is 7.52. The average Bonchev–Trinajstić information content (AvgIpc) is 3.22. The Bertz CT molecular complexity index is 1560. The molecule has 0 aliphatic carbocycles. The lowest BCUT2D eigenvalue weighted by molar-refractivity contribution is -0.376. The lowest BCUT2D eigenvalue weighted by Crippen LogP contribution is -2.53. The molecule has 0 atom stereocenters. The van der Waals surface area contributed by atoms with Crippen LogP contribution < -0.4 is 0 Å². The predicted molar refractivity (Wildman–Crippen MR) is 117 cm³/mol. The van der Waals surface area contributed by atoms with Gasteiger partial charge in [0.1, 0.15) is 11.5 Å². The number of halogens is 11. The highest BCUT2D eigenvalue weighted by Gasteiger charge is 2.71. The van der Waals surface area contributed by atoms with E-state index in [0.717, 1.165) is 30.3 Å². The van der Waals surface area contributed by atoms with Crippen molar-refractivity contribution in [3.05, 3.63) is 88.2 Å². The summed E-state index contributed by atoms with van der Waals surface area (Å²) in [6.07, 6.45) is -17.4. The van der Waals surface area contributed by atoms with E-state index in [0.29, 0.717) is 22.9 Å². The second kappa shape index (κ2) is 9.23. The van der Waals surface area contributed by atoms with Gasteiger partial charge in [0, 0.05) is 11.1 Å². The monoisotopic (exact) mass is 584 g/mol. The van der Waals surface area contributed by atoms with Crippen LogP contribution in [0.15, 0.2) is 60.7 Å². The Morgan fingerprint density at radius 3 is 1.92 bits per heavy atom. The van der Waals surface area contributed by atoms with Crippen LogP contribution in [0.2, 0.25) is 5.02 Å². The topological polar surface area (TPSA) is 55.1 Å². The van der Waals surface area contributed by atoms with Crippen molar-refractivity contribution in [2.45, 2.75) is 24.1 Å². The summed E-state index contributed by atoms with van der Waals surface area (Å²) in [6, 6.07) is 7.47. The molecular formula is C24H11ClF10N2O2. The fourth-order valence-corrected chi connectivity index (χ4v) is 4.18. The number of alkyl halides is 9. The normalized spacial score (nSPS) is 13.2. The molecule has 4 rings (SSSR count). The second-order valence-electron chi connectivity index (χ2n) is 8.14. The zero-order valence-corrected chi connectivity index (χ0v) is 19.4. The number of aliphatic hydroxyl groups is 1. The molecule has 4 nitrogen and oxygen atoms in total. The van der Waals surface area contributed by atoms with Gasteiger partial charge in [0.2, 0.25) is 0 Å². The maximum atomic E-state index is 14.8. The second-order valence-corrected chi connectivity index (χ2v) is 8.55. The van der Waals surface area contributed by atoms with E-state index in [2.05, 4.69) is 5.10 Å². The maximum Gasteiger partial charge on any atom is 0.430 e. The van der Waals surface area contributed by atoms with Crippen molar-refractivity contribution >= 4 is 28.4 Å². The number of benzene rings is 3. The number of carbonyl (C=O) groups excluding carboxylic acids is 1. The molecular weight excluding hydrogens is 574 g/mol. The Morgan fingerprint density at radius 2 is 1.38 bits per heavy atom. The van der Waals surface area contributed by atoms with E-state index in [1.165, 1.54) is 0 Å². The van der Waals surface area contributed by atoms with Crippen molar-refractivity contribution in [1.29, 1.82) is 0 Å². The molecule has 1 N–H and O–H groups in total. The van der Waals surface area contributed by atoms with Gasteiger partial charge >= 0.3 is 18.5 Å². The Kier molecular flexibility index (Phi) is 6.71. The zero-order valence-electron chi connectivity index (χ0n) is 18.7. The van der Waals surface area contributed by atoms with Crippen LogP contribution in [0.4, 0.5) is 43.9 Å². The summed E-state index contributed by atoms with van der Waals surface area (Å²) in [5.74, 6) is -2.49. The summed E-state index contributed by atoms with van der Waals surface area (Å²) in [5, 5.41) is 12.3. The maximum absolute atomic E-state index is 14.8. The minimum Gasteiger partial charge on any atom is -0.369 e. The standard InChI is InChI=1S/C24H11ClF10N2O2/c25-14-4-1-3-13(22(27,28)29)17(14)20(38)37-16-6-2-5-15(26)18(16)19(36-37)11-7-9-12(10-8-11)21(39,23(30,31)32)24(33,34)35/h1-10,39H. The molecule has 0 aliphatic heterocycles. The number of hydrogen-bond donors (Lipinski definition) is 1. The Balaban J connectivity index is 1.91. The molecule has 0 amide bonds. The van der Waals surface area contributed by atoms with Crippen molar-refractivity contribution in [2.75, 3.05) is 0 Å². The number of aromatic nitrogens is 2. The SMILES string of the molecule is O=C(c1c(Cl)cccc1C(F)(F)F)n1nc(-c2ccc(C(O)(C(F)(F)F)C(F)(F)F)cc2)c2c(F)cccc21. The Labute approximate surface area is 216 Å². The van der Waals surface area contributed by atoms with Crippen LogP contribution in [0.25, 0.3) is 22.2 Å². The lowest BCUT2D eigenvalue weighted by Gasteiger charge is -2.32. The molecule has 0 aliphatic rings. The number of rotatable bonds is 3. The Morgan fingerprint density at radius 1 is 0.821 bits per heavy atom. The van der Waals surface area contributed by atoms with Crippen molar-refractivity contribution in [2.24, 2.45) is 0 Å². The molecule has 0 spiro atoms. The highest BCUT2D eigenvalue weighted by atomic mass is 35.5. The number of hydrogen-bond acceptors (Lipinski definition) is 3. The van der Waals surface area contributed by atoms with E-state index in [1.54, 1.807) is 0 Å². The molecule has 0 saturated heterocycles. The van der Waals surface area contributed by atoms with Crippen LogP contribution in [-0.4, -0.2) is 33.1 Å². The van der Waals surface area contributed by atoms with E-state index >= 15 is 0 Å². The molecule has 0 radical (unpaired) electrons. The Hall–Kier alpha value is -3.65. The van der Waals surface area contributed by atoms with Crippen LogP contribution in [0.1, 0.15) is 21.5 Å². The summed E-state index contributed by atoms with van der Waals surface area (Å²) in [6.45, 7) is 0. The van der Waals surface area contributed by atoms with Crippen molar-refractivity contribution in [3.63, 3.8) is 0 Å². The van der Waals surface area contributed by atoms with Crippen molar-refractivity contribution in [3.8, 4) is 11.3 Å². The summed E-state index contributed by atoms with van der Waals surface area (Å²) in [7, 11) is 0. The van der Waals surface area contributed by atoms with Crippen LogP contribution in [0.5, 0.6) is 0 Å². The first-order valence-corrected chi connectivity index (χ1v) is 10.8. The van der Waals surface area contributed by atoms with Crippen LogP contribution >= 0.6 is 11.6 Å². The third kappa shape index (κ3) is 4.61. The van der Waals surface area contributed by atoms with E-state index in [1.807, 2.05) is 0 Å². The number of carbonyl (C=O) groups is 1. The molecule has 3 aromatic carbocycles. The highest BCUT2D eigenvalue weighted by molar-refractivity contribution is 6.34. The van der Waals surface area contributed by atoms with Gasteiger partial charge in [0.15, 0.2) is 0 Å². The van der Waals surface area contributed by atoms with E-state index in [-0.39, 0.29) is 23.2 Å². The molecule has 4 aromatic rings. The highest BCUT2D eigenvalue weighted by Crippen LogP contribution is 2.50. The molecule has 0 bridgehead atoms. The molecule has 0 fully saturated rings. The average molecular weight is 585 g/mol. The van der Waals surface area contributed by atoms with Crippen LogP contribution in [-0.2, 0) is 11.8 Å². The van der Waals surface area contributed by atoms with Crippen LogP contribution in [0, 0.1) is 5.82 Å². The van der Waals surface area contributed by atoms with Gasteiger partial charge in [-0.3, -0.25) is 4.79 Å². The summed E-state index contributed by atoms with van der Waals surface area (Å²) < 4.78 is 135. The quantitative estimate of drug-likeness (QED) is 0.254. The summed E-state index contributed by atoms with van der Waals surface area (Å²) in [5.41, 5.74) is -10.5. The van der Waals surface area contributed by atoms with Crippen molar-refractivity contribution in [1.82, 2.24) is 9.78 Å². The lowest BCUT2D eigenvalue weighted by atomic mass is 9.91. The van der Waals surface area contributed by atoms with E-state index < -0.39 is 68.6 Å². The molecule has 39 heavy (non-hydrogen) atoms. The third-order valence-corrected chi connectivity index (χ3v) is 6.09. The summed E-state index contributed by atoms with van der Waals surface area (Å²) >= 11 is 5.88. The van der Waals surface area contributed by atoms with Crippen LogP contribution in [0.3, 0.4) is 0 Å².